The van der Waals surface area contributed by atoms with E-state index in [4.69, 9.17) is 9.97 Å². The van der Waals surface area contributed by atoms with Gasteiger partial charge in [-0.25, -0.2) is 9.97 Å². The van der Waals surface area contributed by atoms with Crippen molar-refractivity contribution in [2.24, 2.45) is 0 Å². The summed E-state index contributed by atoms with van der Waals surface area (Å²) in [6.45, 7) is 5.04. The first kappa shape index (κ1) is 30.2. The van der Waals surface area contributed by atoms with Crippen LogP contribution in [0.1, 0.15) is 0 Å². The summed E-state index contributed by atoms with van der Waals surface area (Å²) in [6.07, 6.45) is 0. The van der Waals surface area contributed by atoms with E-state index in [9.17, 15) is 0 Å². The molecule has 10 aromatic rings. The zero-order valence-corrected chi connectivity index (χ0v) is 30.6. The van der Waals surface area contributed by atoms with Gasteiger partial charge in [0.25, 0.3) is 0 Å². The number of pyridine rings is 2. The fraction of sp³-hybridized carbons (Fsp3) is 0.0400. The predicted molar refractivity (Wildman–Crippen MR) is 228 cm³/mol. The molecule has 0 aliphatic carbocycles. The highest BCUT2D eigenvalue weighted by Crippen LogP contribution is 2.42. The standard InChI is InChI=1S/C50H34N2Si/c1-53(2)46-21-9-8-15-40(46)42-27-24-34-30-43(38-14-6-7-16-41(38)47(34)50(42)53)37-19-10-18-36-35(37)17-11-20-39(36)45-29-26-33-23-22-32-25-28-44(31-12-4-3-5-13-31)51-48(32)49(33)52-45/h3-30H,1-2H3. The highest BCUT2D eigenvalue weighted by molar-refractivity contribution is 7.05. The predicted octanol–water partition coefficient (Wildman–Crippen LogP) is 12.0. The first-order valence-electron chi connectivity index (χ1n) is 18.4. The molecular formula is C50H34N2Si. The van der Waals surface area contributed by atoms with Crippen LogP contribution in [-0.4, -0.2) is 18.0 Å². The first-order chi connectivity index (χ1) is 26.0. The molecule has 3 heterocycles. The average Bonchev–Trinajstić information content (AvgIpc) is 3.45. The zero-order chi connectivity index (χ0) is 35.3. The number of aromatic nitrogens is 2. The topological polar surface area (TPSA) is 25.8 Å². The number of hydrogen-bond donors (Lipinski definition) is 0. The number of rotatable bonds is 3. The van der Waals surface area contributed by atoms with Crippen molar-refractivity contribution < 1.29 is 0 Å². The lowest BCUT2D eigenvalue weighted by Gasteiger charge is -2.23. The smallest absolute Gasteiger partial charge is 0.114 e. The van der Waals surface area contributed by atoms with Crippen LogP contribution in [0, 0.1) is 0 Å². The van der Waals surface area contributed by atoms with Crippen molar-refractivity contribution in [2.45, 2.75) is 13.1 Å². The van der Waals surface area contributed by atoms with Crippen LogP contribution >= 0.6 is 0 Å². The van der Waals surface area contributed by atoms with E-state index in [1.807, 2.05) is 6.07 Å². The molecule has 1 aliphatic heterocycles. The maximum Gasteiger partial charge on any atom is 0.114 e. The molecule has 1 aliphatic rings. The second-order valence-corrected chi connectivity index (χ2v) is 19.2. The van der Waals surface area contributed by atoms with E-state index >= 15 is 0 Å². The summed E-state index contributed by atoms with van der Waals surface area (Å²) >= 11 is 0. The van der Waals surface area contributed by atoms with Gasteiger partial charge in [-0.15, -0.1) is 0 Å². The molecule has 0 atom stereocenters. The molecule has 0 saturated heterocycles. The SMILES string of the molecule is C[Si]1(C)c2ccccc2-c2ccc3cc(-c4cccc5c(-c6ccc7ccc8ccc(-c9ccccc9)nc8c7n6)cccc45)c4ccccc4c3c21. The van der Waals surface area contributed by atoms with Crippen molar-refractivity contribution in [1.29, 1.82) is 0 Å². The third kappa shape index (κ3) is 4.44. The second kappa shape index (κ2) is 11.3. The molecule has 0 saturated carbocycles. The van der Waals surface area contributed by atoms with Gasteiger partial charge in [0, 0.05) is 21.9 Å². The van der Waals surface area contributed by atoms with Crippen molar-refractivity contribution in [3.63, 3.8) is 0 Å². The lowest BCUT2D eigenvalue weighted by Crippen LogP contribution is -2.49. The van der Waals surface area contributed by atoms with E-state index in [2.05, 4.69) is 177 Å². The van der Waals surface area contributed by atoms with E-state index in [1.165, 1.54) is 54.6 Å². The maximum atomic E-state index is 5.36. The third-order valence-electron chi connectivity index (χ3n) is 11.6. The van der Waals surface area contributed by atoms with E-state index in [0.29, 0.717) is 0 Å². The van der Waals surface area contributed by atoms with E-state index < -0.39 is 8.07 Å². The molecule has 8 aromatic carbocycles. The molecular weight excluding hydrogens is 657 g/mol. The average molecular weight is 691 g/mol. The van der Waals surface area contributed by atoms with Crippen LogP contribution in [0.3, 0.4) is 0 Å². The Balaban J connectivity index is 1.11. The molecule has 53 heavy (non-hydrogen) atoms. The second-order valence-electron chi connectivity index (χ2n) is 14.9. The van der Waals surface area contributed by atoms with Crippen LogP contribution in [0.4, 0.5) is 0 Å². The van der Waals surface area contributed by atoms with Crippen LogP contribution in [-0.2, 0) is 0 Å². The molecule has 0 N–H and O–H groups in total. The fourth-order valence-electron chi connectivity index (χ4n) is 9.15. The first-order valence-corrected chi connectivity index (χ1v) is 21.4. The molecule has 0 fully saturated rings. The van der Waals surface area contributed by atoms with Crippen LogP contribution < -0.4 is 10.4 Å². The van der Waals surface area contributed by atoms with Gasteiger partial charge in [0.2, 0.25) is 0 Å². The van der Waals surface area contributed by atoms with Gasteiger partial charge in [0.1, 0.15) is 8.07 Å². The quantitative estimate of drug-likeness (QED) is 0.136. The minimum absolute atomic E-state index is 0.924. The Hall–Kier alpha value is -6.42. The molecule has 0 unspecified atom stereocenters. The number of benzene rings is 8. The normalized spacial score (nSPS) is 13.2. The Morgan fingerprint density at radius 3 is 1.72 bits per heavy atom. The summed E-state index contributed by atoms with van der Waals surface area (Å²) < 4.78 is 0. The van der Waals surface area contributed by atoms with Crippen LogP contribution in [0.25, 0.3) is 98.9 Å². The number of fused-ring (bicyclic) bond motifs is 11. The Bertz CT molecular complexity index is 3140. The maximum absolute atomic E-state index is 5.36. The minimum atomic E-state index is -1.92. The van der Waals surface area contributed by atoms with Gasteiger partial charge >= 0.3 is 0 Å². The van der Waals surface area contributed by atoms with Crippen molar-refractivity contribution in [1.82, 2.24) is 9.97 Å². The van der Waals surface area contributed by atoms with Crippen LogP contribution in [0.15, 0.2) is 170 Å². The summed E-state index contributed by atoms with van der Waals surface area (Å²) in [6, 6.07) is 62.0. The van der Waals surface area contributed by atoms with Crippen LogP contribution in [0.5, 0.6) is 0 Å². The lowest BCUT2D eigenvalue weighted by atomic mass is 9.88. The summed E-state index contributed by atoms with van der Waals surface area (Å²) in [4.78, 5) is 10.5. The van der Waals surface area contributed by atoms with Gasteiger partial charge in [-0.1, -0.05) is 165 Å². The number of nitrogens with zero attached hydrogens (tertiary/aromatic N) is 2. The Morgan fingerprint density at radius 1 is 0.377 bits per heavy atom. The van der Waals surface area contributed by atoms with Crippen LogP contribution in [0.2, 0.25) is 13.1 Å². The molecule has 0 spiro atoms. The highest BCUT2D eigenvalue weighted by atomic mass is 28.3. The van der Waals surface area contributed by atoms with Gasteiger partial charge < -0.3 is 0 Å². The van der Waals surface area contributed by atoms with Gasteiger partial charge in [0.15, 0.2) is 0 Å². The molecule has 248 valence electrons. The third-order valence-corrected chi connectivity index (χ3v) is 15.2. The van der Waals surface area contributed by atoms with Crippen molar-refractivity contribution in [3.8, 4) is 44.8 Å². The van der Waals surface area contributed by atoms with Gasteiger partial charge in [0.05, 0.1) is 22.4 Å². The Kier molecular flexibility index (Phi) is 6.44. The monoisotopic (exact) mass is 690 g/mol. The lowest BCUT2D eigenvalue weighted by molar-refractivity contribution is 1.37. The summed E-state index contributed by atoms with van der Waals surface area (Å²) in [5.41, 5.74) is 11.3. The summed E-state index contributed by atoms with van der Waals surface area (Å²) in [5, 5.41) is 13.1. The summed E-state index contributed by atoms with van der Waals surface area (Å²) in [7, 11) is -1.92. The van der Waals surface area contributed by atoms with Gasteiger partial charge in [-0.2, -0.15) is 0 Å². The fourth-order valence-corrected chi connectivity index (χ4v) is 12.6. The van der Waals surface area contributed by atoms with E-state index in [0.717, 1.165) is 44.3 Å². The van der Waals surface area contributed by atoms with Gasteiger partial charge in [-0.05, 0) is 83.1 Å². The molecule has 0 radical (unpaired) electrons. The molecule has 11 rings (SSSR count). The Labute approximate surface area is 309 Å². The van der Waals surface area contributed by atoms with Crippen molar-refractivity contribution in [3.05, 3.63) is 170 Å². The van der Waals surface area contributed by atoms with E-state index in [1.54, 1.807) is 10.4 Å². The molecule has 2 aromatic heterocycles. The van der Waals surface area contributed by atoms with Crippen molar-refractivity contribution >= 4 is 72.6 Å². The molecule has 0 bridgehead atoms. The zero-order valence-electron chi connectivity index (χ0n) is 29.6. The molecule has 0 amide bonds. The van der Waals surface area contributed by atoms with Gasteiger partial charge in [-0.3, -0.25) is 0 Å². The van der Waals surface area contributed by atoms with E-state index in [-0.39, 0.29) is 0 Å². The minimum Gasteiger partial charge on any atom is -0.245 e. The molecule has 3 heteroatoms. The summed E-state index contributed by atoms with van der Waals surface area (Å²) in [5.74, 6) is 0. The molecule has 2 nitrogen and oxygen atoms in total. The van der Waals surface area contributed by atoms with Crippen molar-refractivity contribution in [2.75, 3.05) is 0 Å². The Morgan fingerprint density at radius 2 is 0.925 bits per heavy atom. The largest absolute Gasteiger partial charge is 0.245 e. The highest BCUT2D eigenvalue weighted by Gasteiger charge is 2.39. The number of hydrogen-bond acceptors (Lipinski definition) is 2.